The Kier molecular flexibility index (Phi) is 4.34. The average molecular weight is 290 g/mol. The van der Waals surface area contributed by atoms with Crippen LogP contribution < -0.4 is 4.74 Å². The largest absolute Gasteiger partial charge is 0.439 e. The fraction of sp³-hybridized carbons (Fsp3) is 0.353. The number of hydrogen-bond donors (Lipinski definition) is 0. The molecule has 1 aromatic heterocycles. The predicted molar refractivity (Wildman–Crippen MR) is 83.7 cm³/mol. The van der Waals surface area contributed by atoms with Crippen molar-refractivity contribution in [2.45, 2.75) is 39.0 Å². The van der Waals surface area contributed by atoms with Gasteiger partial charge in [0, 0.05) is 18.1 Å². The standard InChI is InChI=1S/C17H20ClNO/c1-12-9-14(17(2,3)4)5-6-15(12)20-16-10-13(11-18)7-8-19-16/h5-10H,11H2,1-4H3. The van der Waals surface area contributed by atoms with E-state index < -0.39 is 0 Å². The number of ether oxygens (including phenoxy) is 1. The van der Waals surface area contributed by atoms with Crippen molar-refractivity contribution < 1.29 is 4.74 Å². The van der Waals surface area contributed by atoms with Crippen molar-refractivity contribution in [1.29, 1.82) is 0 Å². The third-order valence-electron chi connectivity index (χ3n) is 3.21. The van der Waals surface area contributed by atoms with Crippen molar-refractivity contribution in [2.75, 3.05) is 0 Å². The Labute approximate surface area is 125 Å². The second-order valence-corrected chi connectivity index (χ2v) is 6.24. The molecule has 0 saturated carbocycles. The van der Waals surface area contributed by atoms with Gasteiger partial charge in [-0.05, 0) is 41.2 Å². The summed E-state index contributed by atoms with van der Waals surface area (Å²) in [4.78, 5) is 4.21. The van der Waals surface area contributed by atoms with E-state index in [1.54, 1.807) is 6.20 Å². The molecule has 2 rings (SSSR count). The zero-order valence-electron chi connectivity index (χ0n) is 12.4. The molecule has 3 heteroatoms. The molecule has 1 heterocycles. The van der Waals surface area contributed by atoms with E-state index in [4.69, 9.17) is 16.3 Å². The van der Waals surface area contributed by atoms with Gasteiger partial charge >= 0.3 is 0 Å². The Morgan fingerprint density at radius 1 is 1.15 bits per heavy atom. The van der Waals surface area contributed by atoms with Gasteiger partial charge < -0.3 is 4.74 Å². The van der Waals surface area contributed by atoms with Gasteiger partial charge in [-0.3, -0.25) is 0 Å². The average Bonchev–Trinajstić information content (AvgIpc) is 2.40. The molecule has 0 aliphatic heterocycles. The lowest BCUT2D eigenvalue weighted by Crippen LogP contribution is -2.11. The van der Waals surface area contributed by atoms with Crippen LogP contribution in [0.2, 0.25) is 0 Å². The highest BCUT2D eigenvalue weighted by Gasteiger charge is 2.15. The molecule has 0 amide bonds. The van der Waals surface area contributed by atoms with E-state index in [9.17, 15) is 0 Å². The molecular formula is C17H20ClNO. The lowest BCUT2D eigenvalue weighted by Gasteiger charge is -2.20. The normalized spacial score (nSPS) is 11.4. The molecule has 0 radical (unpaired) electrons. The summed E-state index contributed by atoms with van der Waals surface area (Å²) in [6.45, 7) is 8.66. The highest BCUT2D eigenvalue weighted by atomic mass is 35.5. The Balaban J connectivity index is 2.25. The minimum atomic E-state index is 0.139. The van der Waals surface area contributed by atoms with Gasteiger partial charge in [0.15, 0.2) is 0 Å². The number of hydrogen-bond acceptors (Lipinski definition) is 2. The van der Waals surface area contributed by atoms with Crippen LogP contribution in [0, 0.1) is 6.92 Å². The number of aryl methyl sites for hydroxylation is 1. The molecule has 20 heavy (non-hydrogen) atoms. The van der Waals surface area contributed by atoms with Gasteiger partial charge in [-0.25, -0.2) is 4.98 Å². The summed E-state index contributed by atoms with van der Waals surface area (Å²) in [6, 6.07) is 10.0. The summed E-state index contributed by atoms with van der Waals surface area (Å²) >= 11 is 5.82. The summed E-state index contributed by atoms with van der Waals surface area (Å²) < 4.78 is 5.85. The first-order valence-corrected chi connectivity index (χ1v) is 7.23. The molecule has 0 aliphatic carbocycles. The fourth-order valence-corrected chi connectivity index (χ4v) is 2.10. The molecule has 0 atom stereocenters. The second-order valence-electron chi connectivity index (χ2n) is 5.97. The Morgan fingerprint density at radius 2 is 1.90 bits per heavy atom. The molecular weight excluding hydrogens is 270 g/mol. The minimum Gasteiger partial charge on any atom is -0.439 e. The van der Waals surface area contributed by atoms with Crippen molar-refractivity contribution in [1.82, 2.24) is 4.98 Å². The van der Waals surface area contributed by atoms with E-state index in [-0.39, 0.29) is 5.41 Å². The summed E-state index contributed by atoms with van der Waals surface area (Å²) in [5.41, 5.74) is 3.54. The van der Waals surface area contributed by atoms with Gasteiger partial charge in [0.05, 0.1) is 0 Å². The van der Waals surface area contributed by atoms with E-state index in [0.29, 0.717) is 11.8 Å². The highest BCUT2D eigenvalue weighted by Crippen LogP contribution is 2.29. The second kappa shape index (κ2) is 5.84. The van der Waals surface area contributed by atoms with Gasteiger partial charge in [0.25, 0.3) is 0 Å². The van der Waals surface area contributed by atoms with Crippen molar-refractivity contribution in [2.24, 2.45) is 0 Å². The van der Waals surface area contributed by atoms with Crippen LogP contribution in [0.4, 0.5) is 0 Å². The van der Waals surface area contributed by atoms with Crippen LogP contribution in [-0.4, -0.2) is 4.98 Å². The Bertz CT molecular complexity index is 602. The number of aromatic nitrogens is 1. The van der Waals surface area contributed by atoms with Gasteiger partial charge in [-0.1, -0.05) is 32.9 Å². The maximum atomic E-state index is 5.85. The quantitative estimate of drug-likeness (QED) is 0.723. The number of benzene rings is 1. The Morgan fingerprint density at radius 3 is 2.50 bits per heavy atom. The first kappa shape index (κ1) is 14.9. The van der Waals surface area contributed by atoms with Crippen LogP contribution in [0.1, 0.15) is 37.5 Å². The number of pyridine rings is 1. The molecule has 0 N–H and O–H groups in total. The van der Waals surface area contributed by atoms with Crippen molar-refractivity contribution in [3.05, 3.63) is 53.2 Å². The van der Waals surface area contributed by atoms with E-state index >= 15 is 0 Å². The third-order valence-corrected chi connectivity index (χ3v) is 3.52. The van der Waals surface area contributed by atoms with E-state index in [1.165, 1.54) is 5.56 Å². The topological polar surface area (TPSA) is 22.1 Å². The maximum Gasteiger partial charge on any atom is 0.219 e. The number of halogens is 1. The molecule has 0 saturated heterocycles. The van der Waals surface area contributed by atoms with Crippen LogP contribution in [0.3, 0.4) is 0 Å². The van der Waals surface area contributed by atoms with Crippen molar-refractivity contribution in [3.63, 3.8) is 0 Å². The summed E-state index contributed by atoms with van der Waals surface area (Å²) in [5.74, 6) is 1.87. The molecule has 0 aliphatic rings. The van der Waals surface area contributed by atoms with E-state index in [0.717, 1.165) is 16.9 Å². The molecule has 1 aromatic carbocycles. The van der Waals surface area contributed by atoms with Crippen LogP contribution in [0.5, 0.6) is 11.6 Å². The number of nitrogens with zero attached hydrogens (tertiary/aromatic N) is 1. The van der Waals surface area contributed by atoms with Crippen LogP contribution in [0.25, 0.3) is 0 Å². The van der Waals surface area contributed by atoms with Crippen molar-refractivity contribution in [3.8, 4) is 11.6 Å². The molecule has 0 spiro atoms. The predicted octanol–water partition coefficient (Wildman–Crippen LogP) is 5.22. The van der Waals surface area contributed by atoms with Crippen LogP contribution >= 0.6 is 11.6 Å². The Hall–Kier alpha value is -1.54. The van der Waals surface area contributed by atoms with Crippen LogP contribution in [0.15, 0.2) is 36.5 Å². The zero-order chi connectivity index (χ0) is 14.8. The van der Waals surface area contributed by atoms with Crippen molar-refractivity contribution >= 4 is 11.6 Å². The molecule has 106 valence electrons. The van der Waals surface area contributed by atoms with E-state index in [2.05, 4.69) is 44.8 Å². The zero-order valence-corrected chi connectivity index (χ0v) is 13.2. The third kappa shape index (κ3) is 3.51. The SMILES string of the molecule is Cc1cc(C(C)(C)C)ccc1Oc1cc(CCl)ccn1. The smallest absolute Gasteiger partial charge is 0.219 e. The first-order valence-electron chi connectivity index (χ1n) is 6.70. The lowest BCUT2D eigenvalue weighted by molar-refractivity contribution is 0.458. The van der Waals surface area contributed by atoms with Gasteiger partial charge in [-0.2, -0.15) is 0 Å². The lowest BCUT2D eigenvalue weighted by atomic mass is 9.86. The highest BCUT2D eigenvalue weighted by molar-refractivity contribution is 6.17. The maximum absolute atomic E-state index is 5.85. The molecule has 2 aromatic rings. The summed E-state index contributed by atoms with van der Waals surface area (Å²) in [7, 11) is 0. The molecule has 0 fully saturated rings. The minimum absolute atomic E-state index is 0.139. The van der Waals surface area contributed by atoms with Gasteiger partial charge in [-0.15, -0.1) is 11.6 Å². The van der Waals surface area contributed by atoms with E-state index in [1.807, 2.05) is 18.2 Å². The molecule has 0 unspecified atom stereocenters. The fourth-order valence-electron chi connectivity index (χ4n) is 1.93. The van der Waals surface area contributed by atoms with Gasteiger partial charge in [0.1, 0.15) is 5.75 Å². The first-order chi connectivity index (χ1) is 9.40. The monoisotopic (exact) mass is 289 g/mol. The van der Waals surface area contributed by atoms with Gasteiger partial charge in [0.2, 0.25) is 5.88 Å². The summed E-state index contributed by atoms with van der Waals surface area (Å²) in [5, 5.41) is 0. The number of alkyl halides is 1. The summed E-state index contributed by atoms with van der Waals surface area (Å²) in [6.07, 6.45) is 1.71. The van der Waals surface area contributed by atoms with Crippen LogP contribution in [-0.2, 0) is 11.3 Å². The number of rotatable bonds is 3. The molecule has 0 bridgehead atoms. The molecule has 2 nitrogen and oxygen atoms in total.